The van der Waals surface area contributed by atoms with E-state index in [2.05, 4.69) is 36.1 Å². The Balaban J connectivity index is 1.85. The summed E-state index contributed by atoms with van der Waals surface area (Å²) in [6.45, 7) is 5.47. The van der Waals surface area contributed by atoms with Crippen molar-refractivity contribution in [3.63, 3.8) is 0 Å². The number of aliphatic carboxylic acids is 1. The monoisotopic (exact) mass is 304 g/mol. The molecule has 122 valence electrons. The number of nitrogens with zero attached hydrogens (tertiary/aromatic N) is 2. The van der Waals surface area contributed by atoms with E-state index in [1.807, 2.05) is 11.9 Å². The largest absolute Gasteiger partial charge is 0.480 e. The van der Waals surface area contributed by atoms with Crippen LogP contribution in [0.15, 0.2) is 24.3 Å². The molecule has 1 atom stereocenters. The lowest BCUT2D eigenvalue weighted by Gasteiger charge is -2.25. The Morgan fingerprint density at radius 3 is 2.55 bits per heavy atom. The maximum Gasteiger partial charge on any atom is 0.317 e. The lowest BCUT2D eigenvalue weighted by molar-refractivity contribution is -0.138. The zero-order valence-electron chi connectivity index (χ0n) is 13.8. The van der Waals surface area contributed by atoms with Gasteiger partial charge in [0, 0.05) is 12.6 Å². The van der Waals surface area contributed by atoms with Gasteiger partial charge in [0.15, 0.2) is 0 Å². The molecule has 1 aromatic carbocycles. The average molecular weight is 304 g/mol. The second kappa shape index (κ2) is 8.30. The fourth-order valence-corrected chi connectivity index (χ4v) is 3.22. The Bertz CT molecular complexity index is 472. The number of carboxylic acid groups (broad SMARTS) is 1. The molecule has 1 aromatic rings. The van der Waals surface area contributed by atoms with Crippen LogP contribution in [-0.4, -0.2) is 53.6 Å². The first-order chi connectivity index (χ1) is 10.6. The van der Waals surface area contributed by atoms with Crippen LogP contribution < -0.4 is 0 Å². The van der Waals surface area contributed by atoms with E-state index in [9.17, 15) is 4.79 Å². The minimum Gasteiger partial charge on any atom is -0.480 e. The van der Waals surface area contributed by atoms with Gasteiger partial charge in [-0.25, -0.2) is 0 Å². The quantitative estimate of drug-likeness (QED) is 0.877. The molecular formula is C18H28N2O2. The van der Waals surface area contributed by atoms with Gasteiger partial charge in [0.25, 0.3) is 0 Å². The zero-order chi connectivity index (χ0) is 15.9. The van der Waals surface area contributed by atoms with Crippen molar-refractivity contribution in [2.75, 3.05) is 26.7 Å². The molecule has 1 saturated heterocycles. The summed E-state index contributed by atoms with van der Waals surface area (Å²) in [4.78, 5) is 15.3. The van der Waals surface area contributed by atoms with Gasteiger partial charge in [0.05, 0.1) is 6.54 Å². The van der Waals surface area contributed by atoms with Crippen molar-refractivity contribution in [2.45, 2.75) is 45.2 Å². The smallest absolute Gasteiger partial charge is 0.317 e. The van der Waals surface area contributed by atoms with Crippen molar-refractivity contribution in [1.82, 2.24) is 9.80 Å². The van der Waals surface area contributed by atoms with Crippen molar-refractivity contribution in [3.8, 4) is 0 Å². The number of rotatable bonds is 6. The number of likely N-dealkylation sites (tertiary alicyclic amines) is 1. The van der Waals surface area contributed by atoms with Crippen LogP contribution >= 0.6 is 0 Å². The van der Waals surface area contributed by atoms with Gasteiger partial charge in [-0.2, -0.15) is 0 Å². The first-order valence-electron chi connectivity index (χ1n) is 8.30. The fraction of sp³-hybridized carbons (Fsp3) is 0.611. The van der Waals surface area contributed by atoms with E-state index in [0.29, 0.717) is 6.04 Å². The molecule has 0 amide bonds. The predicted octanol–water partition coefficient (Wildman–Crippen LogP) is 2.62. The maximum absolute atomic E-state index is 10.8. The molecule has 1 N–H and O–H groups in total. The Kier molecular flexibility index (Phi) is 6.40. The standard InChI is InChI=1S/C18H28N2O2/c1-3-15-6-8-16(9-7-15)13-20-11-4-5-17(10-12-20)19(2)14-18(21)22/h6-9,17H,3-5,10-14H2,1-2H3,(H,21,22). The summed E-state index contributed by atoms with van der Waals surface area (Å²) in [6, 6.07) is 9.30. The van der Waals surface area contributed by atoms with Crippen LogP contribution in [0.5, 0.6) is 0 Å². The summed E-state index contributed by atoms with van der Waals surface area (Å²) in [7, 11) is 1.93. The third-order valence-corrected chi connectivity index (χ3v) is 4.64. The highest BCUT2D eigenvalue weighted by molar-refractivity contribution is 5.69. The Hall–Kier alpha value is -1.39. The van der Waals surface area contributed by atoms with Crippen LogP contribution in [-0.2, 0) is 17.8 Å². The Morgan fingerprint density at radius 1 is 1.23 bits per heavy atom. The van der Waals surface area contributed by atoms with Gasteiger partial charge < -0.3 is 5.11 Å². The van der Waals surface area contributed by atoms with Crippen molar-refractivity contribution >= 4 is 5.97 Å². The number of benzene rings is 1. The summed E-state index contributed by atoms with van der Waals surface area (Å²) < 4.78 is 0. The zero-order valence-corrected chi connectivity index (χ0v) is 13.8. The maximum atomic E-state index is 10.8. The molecule has 1 unspecified atom stereocenters. The number of aryl methyl sites for hydroxylation is 1. The van der Waals surface area contributed by atoms with Gasteiger partial charge in [-0.15, -0.1) is 0 Å². The highest BCUT2D eigenvalue weighted by Gasteiger charge is 2.21. The molecule has 0 saturated carbocycles. The van der Waals surface area contributed by atoms with Crippen LogP contribution in [0.25, 0.3) is 0 Å². The molecule has 4 heteroatoms. The average Bonchev–Trinajstić information content (AvgIpc) is 2.73. The van der Waals surface area contributed by atoms with Crippen molar-refractivity contribution in [2.24, 2.45) is 0 Å². The molecular weight excluding hydrogens is 276 g/mol. The topological polar surface area (TPSA) is 43.8 Å². The molecule has 0 spiro atoms. The second-order valence-electron chi connectivity index (χ2n) is 6.34. The third kappa shape index (κ3) is 5.11. The lowest BCUT2D eigenvalue weighted by atomic mass is 10.1. The van der Waals surface area contributed by atoms with Crippen molar-refractivity contribution in [1.29, 1.82) is 0 Å². The number of likely N-dealkylation sites (N-methyl/N-ethyl adjacent to an activating group) is 1. The van der Waals surface area contributed by atoms with Gasteiger partial charge >= 0.3 is 5.97 Å². The van der Waals surface area contributed by atoms with E-state index in [4.69, 9.17) is 5.11 Å². The first-order valence-corrected chi connectivity index (χ1v) is 8.30. The first kappa shape index (κ1) is 17.0. The normalized spacial score (nSPS) is 20.0. The van der Waals surface area contributed by atoms with Crippen molar-refractivity contribution in [3.05, 3.63) is 35.4 Å². The minimum atomic E-state index is -0.736. The molecule has 0 aliphatic carbocycles. The number of carbonyl (C=O) groups is 1. The van der Waals surface area contributed by atoms with Crippen LogP contribution in [0, 0.1) is 0 Å². The van der Waals surface area contributed by atoms with Gasteiger partial charge in [-0.3, -0.25) is 14.6 Å². The third-order valence-electron chi connectivity index (χ3n) is 4.64. The molecule has 4 nitrogen and oxygen atoms in total. The van der Waals surface area contributed by atoms with E-state index in [-0.39, 0.29) is 6.54 Å². The molecule has 0 bridgehead atoms. The van der Waals surface area contributed by atoms with Crippen LogP contribution in [0.3, 0.4) is 0 Å². The molecule has 1 aliphatic heterocycles. The Labute approximate surface area is 133 Å². The molecule has 1 aliphatic rings. The molecule has 22 heavy (non-hydrogen) atoms. The second-order valence-corrected chi connectivity index (χ2v) is 6.34. The highest BCUT2D eigenvalue weighted by Crippen LogP contribution is 2.18. The summed E-state index contributed by atoms with van der Waals surface area (Å²) in [5, 5.41) is 8.92. The number of hydrogen-bond donors (Lipinski definition) is 1. The molecule has 2 rings (SSSR count). The van der Waals surface area contributed by atoms with Crippen molar-refractivity contribution < 1.29 is 9.90 Å². The van der Waals surface area contributed by atoms with E-state index >= 15 is 0 Å². The molecule has 0 radical (unpaired) electrons. The predicted molar refractivity (Wildman–Crippen MR) is 89.0 cm³/mol. The summed E-state index contributed by atoms with van der Waals surface area (Å²) in [5.74, 6) is -0.736. The number of hydrogen-bond acceptors (Lipinski definition) is 3. The van der Waals surface area contributed by atoms with E-state index in [1.54, 1.807) is 0 Å². The SMILES string of the molecule is CCc1ccc(CN2CCCC(N(C)CC(=O)O)CC2)cc1. The van der Waals surface area contributed by atoms with E-state index in [1.165, 1.54) is 11.1 Å². The summed E-state index contributed by atoms with van der Waals surface area (Å²) in [6.07, 6.45) is 4.37. The van der Waals surface area contributed by atoms with Gasteiger partial charge in [-0.05, 0) is 56.9 Å². The van der Waals surface area contributed by atoms with Crippen LogP contribution in [0.4, 0.5) is 0 Å². The number of carboxylic acids is 1. The van der Waals surface area contributed by atoms with Crippen LogP contribution in [0.2, 0.25) is 0 Å². The minimum absolute atomic E-state index is 0.142. The highest BCUT2D eigenvalue weighted by atomic mass is 16.4. The summed E-state index contributed by atoms with van der Waals surface area (Å²) in [5.41, 5.74) is 2.75. The van der Waals surface area contributed by atoms with E-state index < -0.39 is 5.97 Å². The fourth-order valence-electron chi connectivity index (χ4n) is 3.22. The van der Waals surface area contributed by atoms with Gasteiger partial charge in [0.1, 0.15) is 0 Å². The van der Waals surface area contributed by atoms with Gasteiger partial charge in [0.2, 0.25) is 0 Å². The molecule has 1 fully saturated rings. The van der Waals surface area contributed by atoms with Crippen LogP contribution in [0.1, 0.15) is 37.3 Å². The Morgan fingerprint density at radius 2 is 1.91 bits per heavy atom. The lowest BCUT2D eigenvalue weighted by Crippen LogP contribution is -2.36. The summed E-state index contributed by atoms with van der Waals surface area (Å²) >= 11 is 0. The molecule has 0 aromatic heterocycles. The van der Waals surface area contributed by atoms with E-state index in [0.717, 1.165) is 45.3 Å². The van der Waals surface area contributed by atoms with Gasteiger partial charge in [-0.1, -0.05) is 31.2 Å². The molecule has 1 heterocycles.